The predicted octanol–water partition coefficient (Wildman–Crippen LogP) is 3.48. The van der Waals surface area contributed by atoms with E-state index in [1.807, 2.05) is 0 Å². The molecule has 2 atom stereocenters. The monoisotopic (exact) mass is 370 g/mol. The lowest BCUT2D eigenvalue weighted by Gasteiger charge is -2.32. The fourth-order valence-corrected chi connectivity index (χ4v) is 3.80. The van der Waals surface area contributed by atoms with Crippen molar-refractivity contribution >= 4 is 0 Å². The Hall–Kier alpha value is -1.73. The van der Waals surface area contributed by atoms with Gasteiger partial charge in [-0.1, -0.05) is 12.1 Å². The van der Waals surface area contributed by atoms with Crippen LogP contribution in [0.3, 0.4) is 0 Å². The number of benzene rings is 1. The molecule has 0 saturated carbocycles. The molecule has 0 radical (unpaired) electrons. The molecule has 1 saturated heterocycles. The molecule has 1 aromatic carbocycles. The molecule has 1 aliphatic carbocycles. The molecular weight excluding hydrogens is 345 g/mol. The predicted molar refractivity (Wildman–Crippen MR) is 92.8 cm³/mol. The molecule has 2 aliphatic rings. The molecule has 1 fully saturated rings. The van der Waals surface area contributed by atoms with Crippen LogP contribution in [-0.4, -0.2) is 42.0 Å². The first-order valence-corrected chi connectivity index (χ1v) is 8.76. The summed E-state index contributed by atoms with van der Waals surface area (Å²) in [5, 5.41) is 13.5. The molecule has 4 nitrogen and oxygen atoms in total. The van der Waals surface area contributed by atoms with Crippen LogP contribution in [0.5, 0.6) is 5.75 Å². The highest BCUT2D eigenvalue weighted by molar-refractivity contribution is 5.44. The number of allylic oxidation sites excluding steroid dienone is 1. The number of methoxy groups -OCH3 is 1. The summed E-state index contributed by atoms with van der Waals surface area (Å²) in [6, 6.07) is 3.94. The first kappa shape index (κ1) is 19.0. The molecule has 0 spiro atoms. The van der Waals surface area contributed by atoms with Gasteiger partial charge in [-0.15, -0.1) is 0 Å². The number of ether oxygens (including phenoxy) is 1. The third-order valence-electron chi connectivity index (χ3n) is 4.93. The van der Waals surface area contributed by atoms with Crippen molar-refractivity contribution < 1.29 is 23.0 Å². The highest BCUT2D eigenvalue weighted by Gasteiger charge is 2.36. The molecule has 1 aromatic rings. The van der Waals surface area contributed by atoms with Gasteiger partial charge in [0.2, 0.25) is 0 Å². The van der Waals surface area contributed by atoms with E-state index < -0.39 is 17.3 Å². The van der Waals surface area contributed by atoms with Crippen LogP contribution in [-0.2, 0) is 6.18 Å². The minimum absolute atomic E-state index is 0.0114. The zero-order valence-electron chi connectivity index (χ0n) is 15.2. The van der Waals surface area contributed by atoms with Crippen LogP contribution in [0.1, 0.15) is 43.7 Å². The lowest BCUT2D eigenvalue weighted by molar-refractivity contribution is -0.137. The lowest BCUT2D eigenvalue weighted by atomic mass is 9.84. The lowest BCUT2D eigenvalue weighted by Crippen LogP contribution is -2.37. The summed E-state index contributed by atoms with van der Waals surface area (Å²) >= 11 is 0. The zero-order chi connectivity index (χ0) is 19.1. The summed E-state index contributed by atoms with van der Waals surface area (Å²) in [5.74, 6) is 0.253. The van der Waals surface area contributed by atoms with Gasteiger partial charge in [0.25, 0.3) is 0 Å². The number of hydrogen-bond donors (Lipinski definition) is 2. The fraction of sp³-hybridized carbons (Fsp3) is 0.579. The van der Waals surface area contributed by atoms with Crippen molar-refractivity contribution in [2.24, 2.45) is 0 Å². The van der Waals surface area contributed by atoms with Gasteiger partial charge in [0, 0.05) is 29.8 Å². The largest absolute Gasteiger partial charge is 0.496 e. The Kier molecular flexibility index (Phi) is 4.96. The average Bonchev–Trinajstić information content (AvgIpc) is 2.94. The summed E-state index contributed by atoms with van der Waals surface area (Å²) in [7, 11) is 1.40. The fourth-order valence-electron chi connectivity index (χ4n) is 3.80. The van der Waals surface area contributed by atoms with Crippen LogP contribution in [0, 0.1) is 0 Å². The van der Waals surface area contributed by atoms with Gasteiger partial charge in [0.05, 0.1) is 24.9 Å². The van der Waals surface area contributed by atoms with Gasteiger partial charge in [0.15, 0.2) is 0 Å². The highest BCUT2D eigenvalue weighted by atomic mass is 19.4. The molecule has 26 heavy (non-hydrogen) atoms. The number of hydrogen-bond acceptors (Lipinski definition) is 4. The van der Waals surface area contributed by atoms with E-state index >= 15 is 0 Å². The van der Waals surface area contributed by atoms with E-state index in [9.17, 15) is 18.3 Å². The summed E-state index contributed by atoms with van der Waals surface area (Å²) in [4.78, 5) is 2.10. The van der Waals surface area contributed by atoms with E-state index in [1.54, 1.807) is 13.8 Å². The maximum absolute atomic E-state index is 13.0. The SMILES string of the molecule is COc1cc(C(F)(F)F)ccc1C1C=C2C(CC1)NCN2CC(C)(C)O. The molecule has 3 rings (SSSR count). The van der Waals surface area contributed by atoms with Crippen molar-refractivity contribution in [2.75, 3.05) is 20.3 Å². The topological polar surface area (TPSA) is 44.7 Å². The number of nitrogens with zero attached hydrogens (tertiary/aromatic N) is 1. The molecule has 144 valence electrons. The van der Waals surface area contributed by atoms with Crippen LogP contribution in [0.15, 0.2) is 30.0 Å². The normalized spacial score (nSPS) is 23.7. The summed E-state index contributed by atoms with van der Waals surface area (Å²) in [6.45, 7) is 4.69. The van der Waals surface area contributed by atoms with Crippen molar-refractivity contribution in [3.63, 3.8) is 0 Å². The summed E-state index contributed by atoms with van der Waals surface area (Å²) in [5.41, 5.74) is 0.341. The molecule has 2 unspecified atom stereocenters. The Labute approximate surface area is 151 Å². The Morgan fingerprint density at radius 2 is 2.00 bits per heavy atom. The number of β-amino-alcohol motifs (C(OH)–C–C–N with tert-alkyl or cyclic N) is 1. The van der Waals surface area contributed by atoms with Crippen LogP contribution in [0.4, 0.5) is 13.2 Å². The maximum atomic E-state index is 13.0. The quantitative estimate of drug-likeness (QED) is 0.852. The molecule has 1 aliphatic heterocycles. The number of fused-ring (bicyclic) bond motifs is 1. The number of rotatable bonds is 4. The third-order valence-corrected chi connectivity index (χ3v) is 4.93. The molecule has 1 heterocycles. The zero-order valence-corrected chi connectivity index (χ0v) is 15.2. The maximum Gasteiger partial charge on any atom is 0.416 e. The van der Waals surface area contributed by atoms with Crippen LogP contribution >= 0.6 is 0 Å². The average molecular weight is 370 g/mol. The second-order valence-corrected chi connectivity index (χ2v) is 7.66. The van der Waals surface area contributed by atoms with E-state index in [2.05, 4.69) is 16.3 Å². The number of alkyl halides is 3. The Bertz CT molecular complexity index is 695. The first-order chi connectivity index (χ1) is 12.1. The number of halogens is 3. The molecule has 2 N–H and O–H groups in total. The smallest absolute Gasteiger partial charge is 0.416 e. The van der Waals surface area contributed by atoms with E-state index in [-0.39, 0.29) is 17.7 Å². The third kappa shape index (κ3) is 3.99. The first-order valence-electron chi connectivity index (χ1n) is 8.76. The van der Waals surface area contributed by atoms with Crippen molar-refractivity contribution in [1.29, 1.82) is 0 Å². The van der Waals surface area contributed by atoms with Gasteiger partial charge in [-0.05, 0) is 38.8 Å². The van der Waals surface area contributed by atoms with Gasteiger partial charge < -0.3 is 14.7 Å². The molecule has 0 amide bonds. The van der Waals surface area contributed by atoms with E-state index in [4.69, 9.17) is 4.74 Å². The van der Waals surface area contributed by atoms with Crippen LogP contribution in [0.25, 0.3) is 0 Å². The molecule has 0 bridgehead atoms. The molecule has 0 aromatic heterocycles. The summed E-state index contributed by atoms with van der Waals surface area (Å²) in [6.07, 6.45) is -0.561. The van der Waals surface area contributed by atoms with Crippen molar-refractivity contribution in [3.8, 4) is 5.75 Å². The summed E-state index contributed by atoms with van der Waals surface area (Å²) < 4.78 is 44.1. The Morgan fingerprint density at radius 1 is 1.27 bits per heavy atom. The van der Waals surface area contributed by atoms with Gasteiger partial charge in [-0.2, -0.15) is 13.2 Å². The van der Waals surface area contributed by atoms with E-state index in [0.29, 0.717) is 13.2 Å². The van der Waals surface area contributed by atoms with Gasteiger partial charge in [-0.25, -0.2) is 0 Å². The number of nitrogens with one attached hydrogen (secondary N) is 1. The van der Waals surface area contributed by atoms with Crippen molar-refractivity contribution in [3.05, 3.63) is 41.1 Å². The Morgan fingerprint density at radius 3 is 2.62 bits per heavy atom. The minimum atomic E-state index is -4.39. The van der Waals surface area contributed by atoms with Crippen LogP contribution in [0.2, 0.25) is 0 Å². The highest BCUT2D eigenvalue weighted by Crippen LogP contribution is 2.41. The second-order valence-electron chi connectivity index (χ2n) is 7.66. The minimum Gasteiger partial charge on any atom is -0.496 e. The molecular formula is C19H25F3N2O2. The Balaban J connectivity index is 1.90. The van der Waals surface area contributed by atoms with Gasteiger partial charge in [0.1, 0.15) is 5.75 Å². The van der Waals surface area contributed by atoms with E-state index in [0.717, 1.165) is 36.2 Å². The van der Waals surface area contributed by atoms with Crippen molar-refractivity contribution in [2.45, 2.75) is 50.4 Å². The van der Waals surface area contributed by atoms with E-state index in [1.165, 1.54) is 13.2 Å². The van der Waals surface area contributed by atoms with Crippen LogP contribution < -0.4 is 10.1 Å². The molecule has 7 heteroatoms. The van der Waals surface area contributed by atoms with Gasteiger partial charge in [-0.3, -0.25) is 5.32 Å². The number of aliphatic hydroxyl groups is 1. The second kappa shape index (κ2) is 6.78. The standard InChI is InChI=1S/C19H25F3N2O2/c1-18(2,25)10-24-11-23-15-7-4-12(8-16(15)24)14-6-5-13(19(20,21)22)9-17(14)26-3/h5-6,8-9,12,15,23,25H,4,7,10-11H2,1-3H3. The van der Waals surface area contributed by atoms with Gasteiger partial charge >= 0.3 is 6.18 Å². The van der Waals surface area contributed by atoms with Crippen molar-refractivity contribution in [1.82, 2.24) is 10.2 Å².